The van der Waals surface area contributed by atoms with Crippen LogP contribution in [0.4, 0.5) is 0 Å². The second-order valence-corrected chi connectivity index (χ2v) is 4.48. The average Bonchev–Trinajstić information content (AvgIpc) is 2.81. The molecule has 0 fully saturated rings. The zero-order chi connectivity index (χ0) is 13.4. The molecule has 0 N–H and O–H groups in total. The van der Waals surface area contributed by atoms with Crippen LogP contribution in [-0.4, -0.2) is 20.5 Å². The first-order valence-corrected chi connectivity index (χ1v) is 6.08. The van der Waals surface area contributed by atoms with Gasteiger partial charge in [-0.3, -0.25) is 4.79 Å². The summed E-state index contributed by atoms with van der Waals surface area (Å²) in [6.07, 6.45) is 1.74. The Morgan fingerprint density at radius 2 is 1.95 bits per heavy atom. The van der Waals surface area contributed by atoms with E-state index in [0.717, 1.165) is 22.4 Å². The molecule has 0 atom stereocenters. The highest BCUT2D eigenvalue weighted by Gasteiger charge is 2.11. The molecule has 19 heavy (non-hydrogen) atoms. The number of rotatable bonds is 2. The van der Waals surface area contributed by atoms with Gasteiger partial charge in [0.05, 0.1) is 17.6 Å². The normalized spacial score (nSPS) is 10.8. The molecule has 0 aliphatic heterocycles. The van der Waals surface area contributed by atoms with Crippen LogP contribution in [0.1, 0.15) is 23.0 Å². The Kier molecular flexibility index (Phi) is 2.63. The van der Waals surface area contributed by atoms with Gasteiger partial charge in [0.1, 0.15) is 0 Å². The SMILES string of the molecule is CC(=O)c1cc2cnn(-c3ccccc3)c2nc1C. The van der Waals surface area contributed by atoms with Crippen molar-refractivity contribution in [3.63, 3.8) is 0 Å². The first kappa shape index (κ1) is 11.6. The minimum Gasteiger partial charge on any atom is -0.294 e. The third-order valence-corrected chi connectivity index (χ3v) is 3.11. The molecular weight excluding hydrogens is 238 g/mol. The predicted molar refractivity (Wildman–Crippen MR) is 73.6 cm³/mol. The average molecular weight is 251 g/mol. The van der Waals surface area contributed by atoms with E-state index in [0.29, 0.717) is 5.56 Å². The summed E-state index contributed by atoms with van der Waals surface area (Å²) in [5.74, 6) is 0.0272. The number of para-hydroxylation sites is 1. The van der Waals surface area contributed by atoms with Crippen LogP contribution >= 0.6 is 0 Å². The Morgan fingerprint density at radius 3 is 2.63 bits per heavy atom. The highest BCUT2D eigenvalue weighted by Crippen LogP contribution is 2.19. The van der Waals surface area contributed by atoms with Crippen molar-refractivity contribution in [3.05, 3.63) is 53.9 Å². The number of hydrogen-bond acceptors (Lipinski definition) is 3. The smallest absolute Gasteiger partial charge is 0.163 e. The molecule has 3 rings (SSSR count). The molecule has 0 aliphatic carbocycles. The van der Waals surface area contributed by atoms with E-state index in [2.05, 4.69) is 10.1 Å². The predicted octanol–water partition coefficient (Wildman–Crippen LogP) is 2.93. The van der Waals surface area contributed by atoms with E-state index in [4.69, 9.17) is 0 Å². The number of Topliss-reactive ketones (excluding diaryl/α,β-unsaturated/α-hetero) is 1. The van der Waals surface area contributed by atoms with Gasteiger partial charge < -0.3 is 0 Å². The number of fused-ring (bicyclic) bond motifs is 1. The first-order valence-electron chi connectivity index (χ1n) is 6.08. The Hall–Kier alpha value is -2.49. The van der Waals surface area contributed by atoms with Crippen molar-refractivity contribution in [1.82, 2.24) is 14.8 Å². The highest BCUT2D eigenvalue weighted by molar-refractivity contribution is 5.98. The number of ketones is 1. The van der Waals surface area contributed by atoms with Crippen molar-refractivity contribution in [1.29, 1.82) is 0 Å². The number of pyridine rings is 1. The molecule has 0 saturated carbocycles. The summed E-state index contributed by atoms with van der Waals surface area (Å²) in [7, 11) is 0. The number of carbonyl (C=O) groups is 1. The van der Waals surface area contributed by atoms with E-state index in [1.165, 1.54) is 0 Å². The Morgan fingerprint density at radius 1 is 1.21 bits per heavy atom. The highest BCUT2D eigenvalue weighted by atomic mass is 16.1. The summed E-state index contributed by atoms with van der Waals surface area (Å²) in [6.45, 7) is 3.40. The molecule has 2 heterocycles. The molecule has 1 aromatic carbocycles. The minimum atomic E-state index is 0.0272. The third kappa shape index (κ3) is 1.91. The molecule has 0 amide bonds. The number of hydrogen-bond donors (Lipinski definition) is 0. The van der Waals surface area contributed by atoms with Gasteiger partial charge in [-0.25, -0.2) is 9.67 Å². The minimum absolute atomic E-state index is 0.0272. The first-order chi connectivity index (χ1) is 9.16. The van der Waals surface area contributed by atoms with Crippen molar-refractivity contribution >= 4 is 16.8 Å². The van der Waals surface area contributed by atoms with Gasteiger partial charge in [-0.15, -0.1) is 0 Å². The van der Waals surface area contributed by atoms with Gasteiger partial charge in [0.2, 0.25) is 0 Å². The molecule has 94 valence electrons. The molecule has 0 bridgehead atoms. The summed E-state index contributed by atoms with van der Waals surface area (Å²) >= 11 is 0. The molecule has 0 aliphatic rings. The lowest BCUT2D eigenvalue weighted by atomic mass is 10.1. The molecule has 0 unspecified atom stereocenters. The van der Waals surface area contributed by atoms with Crippen LogP contribution in [0.15, 0.2) is 42.6 Å². The maximum Gasteiger partial charge on any atom is 0.163 e. The monoisotopic (exact) mass is 251 g/mol. The fraction of sp³-hybridized carbons (Fsp3) is 0.133. The topological polar surface area (TPSA) is 47.8 Å². The van der Waals surface area contributed by atoms with E-state index in [1.807, 2.05) is 43.3 Å². The van der Waals surface area contributed by atoms with Crippen LogP contribution in [-0.2, 0) is 0 Å². The molecule has 4 heteroatoms. The van der Waals surface area contributed by atoms with Gasteiger partial charge in [0.15, 0.2) is 11.4 Å². The quantitative estimate of drug-likeness (QED) is 0.658. The molecule has 2 aromatic heterocycles. The molecule has 0 radical (unpaired) electrons. The van der Waals surface area contributed by atoms with E-state index >= 15 is 0 Å². The van der Waals surface area contributed by atoms with Crippen LogP contribution in [0.25, 0.3) is 16.7 Å². The van der Waals surface area contributed by atoms with Gasteiger partial charge in [-0.05, 0) is 32.0 Å². The van der Waals surface area contributed by atoms with Crippen molar-refractivity contribution < 1.29 is 4.79 Å². The standard InChI is InChI=1S/C15H13N3O/c1-10-14(11(2)19)8-12-9-16-18(15(12)17-10)13-6-4-3-5-7-13/h3-9H,1-2H3. The number of nitrogens with zero attached hydrogens (tertiary/aromatic N) is 3. The van der Waals surface area contributed by atoms with Crippen LogP contribution in [0, 0.1) is 6.92 Å². The number of aromatic nitrogens is 3. The number of aryl methyl sites for hydroxylation is 1. The van der Waals surface area contributed by atoms with Gasteiger partial charge in [-0.2, -0.15) is 5.10 Å². The largest absolute Gasteiger partial charge is 0.294 e. The lowest BCUT2D eigenvalue weighted by molar-refractivity contribution is 0.101. The van der Waals surface area contributed by atoms with Crippen molar-refractivity contribution in [3.8, 4) is 5.69 Å². The zero-order valence-corrected chi connectivity index (χ0v) is 10.8. The maximum atomic E-state index is 11.5. The zero-order valence-electron chi connectivity index (χ0n) is 10.8. The second kappa shape index (κ2) is 4.31. The third-order valence-electron chi connectivity index (χ3n) is 3.11. The van der Waals surface area contributed by atoms with Crippen molar-refractivity contribution in [2.75, 3.05) is 0 Å². The van der Waals surface area contributed by atoms with E-state index < -0.39 is 0 Å². The second-order valence-electron chi connectivity index (χ2n) is 4.48. The van der Waals surface area contributed by atoms with Gasteiger partial charge in [0.25, 0.3) is 0 Å². The molecular formula is C15H13N3O. The van der Waals surface area contributed by atoms with Crippen molar-refractivity contribution in [2.45, 2.75) is 13.8 Å². The fourth-order valence-electron chi connectivity index (χ4n) is 2.16. The summed E-state index contributed by atoms with van der Waals surface area (Å²) in [5, 5.41) is 5.22. The number of benzene rings is 1. The van der Waals surface area contributed by atoms with Crippen LogP contribution < -0.4 is 0 Å². The fourth-order valence-corrected chi connectivity index (χ4v) is 2.16. The maximum absolute atomic E-state index is 11.5. The lowest BCUT2D eigenvalue weighted by Gasteiger charge is -2.05. The molecule has 0 spiro atoms. The molecule has 4 nitrogen and oxygen atoms in total. The number of carbonyl (C=O) groups excluding carboxylic acids is 1. The van der Waals surface area contributed by atoms with Gasteiger partial charge in [0, 0.05) is 10.9 Å². The van der Waals surface area contributed by atoms with E-state index in [1.54, 1.807) is 17.8 Å². The summed E-state index contributed by atoms with van der Waals surface area (Å²) in [4.78, 5) is 16.0. The van der Waals surface area contributed by atoms with Crippen LogP contribution in [0.3, 0.4) is 0 Å². The van der Waals surface area contributed by atoms with E-state index in [9.17, 15) is 4.79 Å². The van der Waals surface area contributed by atoms with Crippen LogP contribution in [0.5, 0.6) is 0 Å². The Labute approximate surface area is 110 Å². The van der Waals surface area contributed by atoms with Crippen LogP contribution in [0.2, 0.25) is 0 Å². The summed E-state index contributed by atoms with van der Waals surface area (Å²) < 4.78 is 1.78. The Balaban J connectivity index is 2.25. The molecule has 3 aromatic rings. The summed E-state index contributed by atoms with van der Waals surface area (Å²) in [6, 6.07) is 11.7. The summed E-state index contributed by atoms with van der Waals surface area (Å²) in [5.41, 5.74) is 3.12. The lowest BCUT2D eigenvalue weighted by Crippen LogP contribution is -2.02. The Bertz CT molecular complexity index is 760. The van der Waals surface area contributed by atoms with Crippen molar-refractivity contribution in [2.24, 2.45) is 0 Å². The van der Waals surface area contributed by atoms with E-state index in [-0.39, 0.29) is 5.78 Å². The van der Waals surface area contributed by atoms with Gasteiger partial charge >= 0.3 is 0 Å². The van der Waals surface area contributed by atoms with Gasteiger partial charge in [-0.1, -0.05) is 18.2 Å². The molecule has 0 saturated heterocycles.